The van der Waals surface area contributed by atoms with Crippen molar-refractivity contribution >= 4 is 17.8 Å². The number of likely N-dealkylation sites (tertiary alicyclic amines) is 1. The van der Waals surface area contributed by atoms with Crippen LogP contribution >= 0.6 is 0 Å². The van der Waals surface area contributed by atoms with Crippen molar-refractivity contribution in [3.8, 4) is 0 Å². The highest BCUT2D eigenvalue weighted by molar-refractivity contribution is 5.93. The van der Waals surface area contributed by atoms with Crippen molar-refractivity contribution in [1.29, 1.82) is 0 Å². The number of rotatable bonds is 4. The van der Waals surface area contributed by atoms with Crippen LogP contribution in [0.1, 0.15) is 35.2 Å². The zero-order valence-corrected chi connectivity index (χ0v) is 12.5. The van der Waals surface area contributed by atoms with Gasteiger partial charge in [-0.3, -0.25) is 9.59 Å². The summed E-state index contributed by atoms with van der Waals surface area (Å²) in [4.78, 5) is 37.2. The number of carboxylic acid groups (broad SMARTS) is 1. The Labute approximate surface area is 129 Å². The number of likely N-dealkylation sites (N-methyl/N-ethyl adjacent to an activating group) is 1. The van der Waals surface area contributed by atoms with Crippen LogP contribution in [-0.2, 0) is 16.0 Å². The molecule has 1 unspecified atom stereocenters. The first-order valence-electron chi connectivity index (χ1n) is 7.37. The van der Waals surface area contributed by atoms with Gasteiger partial charge in [-0.25, -0.2) is 4.79 Å². The van der Waals surface area contributed by atoms with Gasteiger partial charge in [0.1, 0.15) is 6.04 Å². The fraction of sp³-hybridized carbons (Fsp3) is 0.438. The highest BCUT2D eigenvalue weighted by Gasteiger charge is 2.31. The number of nitrogens with one attached hydrogen (secondary N) is 1. The van der Waals surface area contributed by atoms with Crippen molar-refractivity contribution in [3.05, 3.63) is 35.4 Å². The molecular weight excluding hydrogens is 284 g/mol. The molecule has 0 aliphatic carbocycles. The largest absolute Gasteiger partial charge is 0.478 e. The molecule has 2 N–H and O–H groups in total. The zero-order chi connectivity index (χ0) is 16.1. The van der Waals surface area contributed by atoms with E-state index in [0.717, 1.165) is 12.8 Å². The Kier molecular flexibility index (Phi) is 5.14. The van der Waals surface area contributed by atoms with Crippen molar-refractivity contribution in [2.45, 2.75) is 31.7 Å². The molecule has 1 atom stereocenters. The summed E-state index contributed by atoms with van der Waals surface area (Å²) in [6.07, 6.45) is 2.41. The second-order valence-corrected chi connectivity index (χ2v) is 5.35. The van der Waals surface area contributed by atoms with Crippen molar-refractivity contribution in [1.82, 2.24) is 10.2 Å². The van der Waals surface area contributed by atoms with E-state index in [4.69, 9.17) is 0 Å². The lowest BCUT2D eigenvalue weighted by molar-refractivity contribution is -0.141. The number of piperidine rings is 1. The van der Waals surface area contributed by atoms with Crippen LogP contribution in [-0.4, -0.2) is 47.4 Å². The first-order chi connectivity index (χ1) is 10.5. The number of aromatic carboxylic acids is 1. The van der Waals surface area contributed by atoms with Crippen LogP contribution in [0.2, 0.25) is 0 Å². The topological polar surface area (TPSA) is 86.7 Å². The Balaban J connectivity index is 2.17. The molecule has 1 aromatic rings. The van der Waals surface area contributed by atoms with E-state index in [0.29, 0.717) is 18.5 Å². The molecule has 1 saturated heterocycles. The number of nitrogens with zero attached hydrogens (tertiary/aromatic N) is 1. The first kappa shape index (κ1) is 16.0. The Hall–Kier alpha value is -2.37. The Bertz CT molecular complexity index is 585. The normalized spacial score (nSPS) is 17.9. The van der Waals surface area contributed by atoms with Gasteiger partial charge in [-0.15, -0.1) is 0 Å². The van der Waals surface area contributed by atoms with Gasteiger partial charge < -0.3 is 15.3 Å². The summed E-state index contributed by atoms with van der Waals surface area (Å²) in [7, 11) is 1.55. The van der Waals surface area contributed by atoms with Gasteiger partial charge in [0.2, 0.25) is 11.8 Å². The van der Waals surface area contributed by atoms with Crippen molar-refractivity contribution in [2.75, 3.05) is 13.6 Å². The molecule has 0 bridgehead atoms. The Morgan fingerprint density at radius 1 is 1.27 bits per heavy atom. The monoisotopic (exact) mass is 304 g/mol. The molecule has 1 aliphatic rings. The molecule has 1 aromatic carbocycles. The molecule has 118 valence electrons. The van der Waals surface area contributed by atoms with E-state index in [1.165, 1.54) is 6.07 Å². The lowest BCUT2D eigenvalue weighted by Gasteiger charge is -2.34. The summed E-state index contributed by atoms with van der Waals surface area (Å²) in [6.45, 7) is 0.534. The molecular formula is C16H20N2O4. The number of carboxylic acids is 1. The molecule has 1 fully saturated rings. The molecule has 2 rings (SSSR count). The number of carbonyl (C=O) groups excluding carboxylic acids is 2. The summed E-state index contributed by atoms with van der Waals surface area (Å²) >= 11 is 0. The van der Waals surface area contributed by atoms with E-state index in [1.807, 2.05) is 0 Å². The van der Waals surface area contributed by atoms with Crippen LogP contribution < -0.4 is 5.32 Å². The van der Waals surface area contributed by atoms with Crippen LogP contribution in [0.4, 0.5) is 0 Å². The third kappa shape index (κ3) is 3.44. The van der Waals surface area contributed by atoms with Gasteiger partial charge in [0.05, 0.1) is 12.0 Å². The number of benzene rings is 1. The predicted octanol–water partition coefficient (Wildman–Crippen LogP) is 1.05. The van der Waals surface area contributed by atoms with Gasteiger partial charge in [-0.1, -0.05) is 18.2 Å². The number of carbonyl (C=O) groups is 3. The number of hydrogen-bond acceptors (Lipinski definition) is 3. The van der Waals surface area contributed by atoms with Crippen LogP contribution in [0.25, 0.3) is 0 Å². The average Bonchev–Trinajstić information content (AvgIpc) is 2.54. The van der Waals surface area contributed by atoms with Gasteiger partial charge in [-0.2, -0.15) is 0 Å². The fourth-order valence-corrected chi connectivity index (χ4v) is 2.82. The zero-order valence-electron chi connectivity index (χ0n) is 12.5. The molecule has 2 amide bonds. The minimum atomic E-state index is -1.05. The second kappa shape index (κ2) is 7.06. The molecule has 0 saturated carbocycles. The molecule has 6 nitrogen and oxygen atoms in total. The molecule has 1 heterocycles. The van der Waals surface area contributed by atoms with Gasteiger partial charge >= 0.3 is 5.97 Å². The van der Waals surface area contributed by atoms with Gasteiger partial charge in [-0.05, 0) is 30.9 Å². The minimum Gasteiger partial charge on any atom is -0.478 e. The third-order valence-corrected chi connectivity index (χ3v) is 3.96. The highest BCUT2D eigenvalue weighted by atomic mass is 16.4. The first-order valence-corrected chi connectivity index (χ1v) is 7.37. The summed E-state index contributed by atoms with van der Waals surface area (Å²) in [6, 6.07) is 6.01. The molecule has 22 heavy (non-hydrogen) atoms. The summed E-state index contributed by atoms with van der Waals surface area (Å²) < 4.78 is 0. The predicted molar refractivity (Wildman–Crippen MR) is 80.5 cm³/mol. The number of amides is 2. The fourth-order valence-electron chi connectivity index (χ4n) is 2.82. The summed E-state index contributed by atoms with van der Waals surface area (Å²) in [5.74, 6) is -1.42. The van der Waals surface area contributed by atoms with E-state index in [1.54, 1.807) is 30.1 Å². The third-order valence-electron chi connectivity index (χ3n) is 3.96. The van der Waals surface area contributed by atoms with E-state index in [-0.39, 0.29) is 23.8 Å². The molecule has 1 aliphatic heterocycles. The quantitative estimate of drug-likeness (QED) is 0.870. The minimum absolute atomic E-state index is 0.00400. The van der Waals surface area contributed by atoms with Crippen LogP contribution in [0.3, 0.4) is 0 Å². The van der Waals surface area contributed by atoms with E-state index in [2.05, 4.69) is 5.32 Å². The maximum absolute atomic E-state index is 12.5. The van der Waals surface area contributed by atoms with E-state index in [9.17, 15) is 19.5 Å². The lowest BCUT2D eigenvalue weighted by Crippen LogP contribution is -2.51. The Morgan fingerprint density at radius 3 is 2.68 bits per heavy atom. The Morgan fingerprint density at radius 2 is 2.00 bits per heavy atom. The van der Waals surface area contributed by atoms with Crippen molar-refractivity contribution < 1.29 is 19.5 Å². The maximum Gasteiger partial charge on any atom is 0.335 e. The second-order valence-electron chi connectivity index (χ2n) is 5.35. The van der Waals surface area contributed by atoms with Crippen LogP contribution in [0.5, 0.6) is 0 Å². The summed E-state index contributed by atoms with van der Waals surface area (Å²) in [5, 5.41) is 11.8. The highest BCUT2D eigenvalue weighted by Crippen LogP contribution is 2.19. The van der Waals surface area contributed by atoms with E-state index < -0.39 is 12.0 Å². The van der Waals surface area contributed by atoms with Gasteiger partial charge in [0.15, 0.2) is 0 Å². The SMILES string of the molecule is CNC(=O)C1CCCCN1C(=O)Cc1ccccc1C(=O)O. The number of hydrogen-bond donors (Lipinski definition) is 2. The maximum atomic E-state index is 12.5. The van der Waals surface area contributed by atoms with Gasteiger partial charge in [0, 0.05) is 13.6 Å². The molecule has 0 spiro atoms. The average molecular weight is 304 g/mol. The van der Waals surface area contributed by atoms with Crippen LogP contribution in [0, 0.1) is 0 Å². The van der Waals surface area contributed by atoms with Crippen molar-refractivity contribution in [3.63, 3.8) is 0 Å². The standard InChI is InChI=1S/C16H20N2O4/c1-17-15(20)13-8-4-5-9-18(13)14(19)10-11-6-2-3-7-12(11)16(21)22/h2-3,6-7,13H,4-5,8-10H2,1H3,(H,17,20)(H,21,22). The van der Waals surface area contributed by atoms with Crippen LogP contribution in [0.15, 0.2) is 24.3 Å². The summed E-state index contributed by atoms with van der Waals surface area (Å²) in [5.41, 5.74) is 0.602. The van der Waals surface area contributed by atoms with Gasteiger partial charge in [0.25, 0.3) is 0 Å². The smallest absolute Gasteiger partial charge is 0.335 e. The van der Waals surface area contributed by atoms with Crippen molar-refractivity contribution in [2.24, 2.45) is 0 Å². The lowest BCUT2D eigenvalue weighted by atomic mass is 9.98. The molecule has 0 radical (unpaired) electrons. The molecule has 6 heteroatoms. The van der Waals surface area contributed by atoms with E-state index >= 15 is 0 Å². The molecule has 0 aromatic heterocycles.